The van der Waals surface area contributed by atoms with Crippen LogP contribution in [0.15, 0.2) is 42.5 Å². The molecule has 0 amide bonds. The van der Waals surface area contributed by atoms with Crippen molar-refractivity contribution in [3.8, 4) is 11.3 Å². The van der Waals surface area contributed by atoms with Gasteiger partial charge in [0.05, 0.1) is 11.4 Å². The van der Waals surface area contributed by atoms with Crippen molar-refractivity contribution >= 4 is 5.91 Å². The molecule has 0 N–H and O–H groups in total. The van der Waals surface area contributed by atoms with Crippen molar-refractivity contribution in [1.29, 1.82) is 0 Å². The number of hydrogen-bond acceptors (Lipinski definition) is 2. The molecule has 0 radical (unpaired) electrons. The highest BCUT2D eigenvalue weighted by Crippen LogP contribution is 2.45. The average molecular weight is 365 g/mol. The van der Waals surface area contributed by atoms with Crippen molar-refractivity contribution in [2.45, 2.75) is 66.2 Å². The molecule has 3 nitrogen and oxygen atoms in total. The van der Waals surface area contributed by atoms with Gasteiger partial charge in [0.25, 0.3) is 5.91 Å². The highest BCUT2D eigenvalue weighted by Gasteiger charge is 2.34. The number of rotatable bonds is 3. The Morgan fingerprint density at radius 2 is 1.85 bits per heavy atom. The predicted molar refractivity (Wildman–Crippen MR) is 112 cm³/mol. The molecule has 1 aromatic heterocycles. The zero-order chi connectivity index (χ0) is 19.8. The maximum atomic E-state index is 13.1. The molecule has 0 saturated heterocycles. The second-order valence-electron chi connectivity index (χ2n) is 9.29. The Bertz CT molecular complexity index is 837. The van der Waals surface area contributed by atoms with Crippen LogP contribution in [0.5, 0.6) is 0 Å². The van der Waals surface area contributed by atoms with Gasteiger partial charge in [-0.25, -0.2) is 0 Å². The number of carbonyl (C=O) groups is 1. The third-order valence-corrected chi connectivity index (χ3v) is 5.49. The third kappa shape index (κ3) is 4.07. The Balaban J connectivity index is 2.20. The molecule has 0 spiro atoms. The summed E-state index contributed by atoms with van der Waals surface area (Å²) in [5.41, 5.74) is 4.40. The van der Waals surface area contributed by atoms with Gasteiger partial charge in [-0.2, -0.15) is 9.78 Å². The molecule has 3 rings (SSSR count). The molecule has 0 aliphatic heterocycles. The van der Waals surface area contributed by atoms with Gasteiger partial charge in [0.15, 0.2) is 0 Å². The summed E-state index contributed by atoms with van der Waals surface area (Å²) in [5, 5.41) is 4.90. The first-order valence-corrected chi connectivity index (χ1v) is 10.1. The number of aromatic nitrogens is 2. The molecule has 1 aliphatic rings. The summed E-state index contributed by atoms with van der Waals surface area (Å²) in [6.07, 6.45) is 5.94. The van der Waals surface area contributed by atoms with E-state index in [2.05, 4.69) is 53.7 Å². The zero-order valence-corrected chi connectivity index (χ0v) is 17.5. The van der Waals surface area contributed by atoms with E-state index in [9.17, 15) is 4.79 Å². The summed E-state index contributed by atoms with van der Waals surface area (Å²) in [4.78, 5) is 13.1. The summed E-state index contributed by atoms with van der Waals surface area (Å²) in [6, 6.07) is 10.2. The van der Waals surface area contributed by atoms with Gasteiger partial charge in [0, 0.05) is 23.1 Å². The molecule has 0 fully saturated rings. The summed E-state index contributed by atoms with van der Waals surface area (Å²) in [7, 11) is 0. The number of fused-ring (bicyclic) bond motifs is 1. The molecular weight excluding hydrogens is 332 g/mol. The Morgan fingerprint density at radius 1 is 1.19 bits per heavy atom. The normalized spacial score (nSPS) is 20.3. The van der Waals surface area contributed by atoms with Gasteiger partial charge in [-0.3, -0.25) is 4.79 Å². The summed E-state index contributed by atoms with van der Waals surface area (Å²) >= 11 is 0. The van der Waals surface area contributed by atoms with E-state index in [4.69, 9.17) is 5.10 Å². The van der Waals surface area contributed by atoms with E-state index in [0.717, 1.165) is 29.8 Å². The second kappa shape index (κ2) is 7.46. The number of carbonyl (C=O) groups excluding carboxylic acids is 1. The molecule has 1 aliphatic carbocycles. The standard InChI is InChI=1S/C24H32N2O/c1-16(2)19-13-12-17(3)21-22(19)25-26(20(27)14-15-24(4,5)6)23(21)18-10-8-7-9-11-18/h7-11,14-17,19H,12-13H2,1-6H3/b15-14+/t17-,19+/m1/s1. The van der Waals surface area contributed by atoms with Gasteiger partial charge in [-0.05, 0) is 30.1 Å². The fourth-order valence-electron chi connectivity index (χ4n) is 3.99. The molecule has 144 valence electrons. The minimum Gasteiger partial charge on any atom is -0.267 e. The van der Waals surface area contributed by atoms with Crippen LogP contribution >= 0.6 is 0 Å². The lowest BCUT2D eigenvalue weighted by molar-refractivity contribution is 0.0954. The maximum absolute atomic E-state index is 13.1. The molecule has 0 saturated carbocycles. The highest BCUT2D eigenvalue weighted by atomic mass is 16.2. The van der Waals surface area contributed by atoms with Crippen molar-refractivity contribution in [2.24, 2.45) is 11.3 Å². The molecule has 2 atom stereocenters. The molecule has 3 heteroatoms. The maximum Gasteiger partial charge on any atom is 0.271 e. The Morgan fingerprint density at radius 3 is 2.44 bits per heavy atom. The van der Waals surface area contributed by atoms with Gasteiger partial charge in [0.1, 0.15) is 0 Å². The Labute approximate surface area is 163 Å². The predicted octanol–water partition coefficient (Wildman–Crippen LogP) is 6.43. The van der Waals surface area contributed by atoms with Crippen molar-refractivity contribution in [1.82, 2.24) is 9.78 Å². The van der Waals surface area contributed by atoms with E-state index in [1.807, 2.05) is 24.3 Å². The van der Waals surface area contributed by atoms with Gasteiger partial charge >= 0.3 is 0 Å². The van der Waals surface area contributed by atoms with Crippen LogP contribution in [0.25, 0.3) is 11.3 Å². The second-order valence-corrected chi connectivity index (χ2v) is 9.29. The van der Waals surface area contributed by atoms with E-state index in [-0.39, 0.29) is 11.3 Å². The van der Waals surface area contributed by atoms with Crippen molar-refractivity contribution < 1.29 is 4.79 Å². The van der Waals surface area contributed by atoms with Crippen LogP contribution in [0.2, 0.25) is 0 Å². The molecule has 0 unspecified atom stereocenters. The van der Waals surface area contributed by atoms with Crippen LogP contribution in [0.1, 0.15) is 82.3 Å². The zero-order valence-electron chi connectivity index (χ0n) is 17.5. The van der Waals surface area contributed by atoms with Crippen LogP contribution in [0.4, 0.5) is 0 Å². The highest BCUT2D eigenvalue weighted by molar-refractivity contribution is 5.93. The lowest BCUT2D eigenvalue weighted by Crippen LogP contribution is -2.17. The summed E-state index contributed by atoms with van der Waals surface area (Å²) < 4.78 is 1.65. The number of benzene rings is 1. The van der Waals surface area contributed by atoms with Crippen LogP contribution in [0.3, 0.4) is 0 Å². The topological polar surface area (TPSA) is 34.9 Å². The minimum absolute atomic E-state index is 0.0386. The van der Waals surface area contributed by atoms with Gasteiger partial charge in [-0.1, -0.05) is 78.0 Å². The lowest BCUT2D eigenvalue weighted by Gasteiger charge is -2.28. The Kier molecular flexibility index (Phi) is 5.41. The van der Waals surface area contributed by atoms with E-state index < -0.39 is 0 Å². The van der Waals surface area contributed by atoms with Crippen LogP contribution in [-0.2, 0) is 0 Å². The first-order chi connectivity index (χ1) is 12.7. The van der Waals surface area contributed by atoms with Crippen molar-refractivity contribution in [3.05, 3.63) is 53.7 Å². The lowest BCUT2D eigenvalue weighted by atomic mass is 9.75. The summed E-state index contributed by atoms with van der Waals surface area (Å²) in [6.45, 7) is 13.1. The molecule has 1 aromatic carbocycles. The number of allylic oxidation sites excluding steroid dienone is 2. The van der Waals surface area contributed by atoms with E-state index in [0.29, 0.717) is 17.8 Å². The van der Waals surface area contributed by atoms with Gasteiger partial charge in [0.2, 0.25) is 0 Å². The number of nitrogens with zero attached hydrogens (tertiary/aromatic N) is 2. The van der Waals surface area contributed by atoms with Crippen LogP contribution < -0.4 is 0 Å². The molecule has 0 bridgehead atoms. The first-order valence-electron chi connectivity index (χ1n) is 10.1. The molecule has 1 heterocycles. The third-order valence-electron chi connectivity index (χ3n) is 5.49. The van der Waals surface area contributed by atoms with Crippen LogP contribution in [-0.4, -0.2) is 15.7 Å². The SMILES string of the molecule is CC(C)[C@@H]1CC[C@@H](C)c2c1nn(C(=O)/C=C/C(C)(C)C)c2-c1ccccc1. The largest absolute Gasteiger partial charge is 0.271 e. The smallest absolute Gasteiger partial charge is 0.267 e. The first kappa shape index (κ1) is 19.6. The van der Waals surface area contributed by atoms with Crippen molar-refractivity contribution in [3.63, 3.8) is 0 Å². The summed E-state index contributed by atoms with van der Waals surface area (Å²) in [5.74, 6) is 1.29. The van der Waals surface area contributed by atoms with E-state index in [1.54, 1.807) is 10.8 Å². The van der Waals surface area contributed by atoms with Crippen molar-refractivity contribution in [2.75, 3.05) is 0 Å². The molecule has 27 heavy (non-hydrogen) atoms. The quantitative estimate of drug-likeness (QED) is 0.588. The number of hydrogen-bond donors (Lipinski definition) is 0. The van der Waals surface area contributed by atoms with Gasteiger partial charge in [-0.15, -0.1) is 0 Å². The monoisotopic (exact) mass is 364 g/mol. The van der Waals surface area contributed by atoms with E-state index >= 15 is 0 Å². The minimum atomic E-state index is -0.0621. The Hall–Kier alpha value is -2.16. The molecule has 2 aromatic rings. The van der Waals surface area contributed by atoms with Crippen LogP contribution in [0, 0.1) is 11.3 Å². The van der Waals surface area contributed by atoms with E-state index in [1.165, 1.54) is 5.56 Å². The van der Waals surface area contributed by atoms with Gasteiger partial charge < -0.3 is 0 Å². The average Bonchev–Trinajstić information content (AvgIpc) is 3.01. The fourth-order valence-corrected chi connectivity index (χ4v) is 3.99. The molecular formula is C24H32N2O. The fraction of sp³-hybridized carbons (Fsp3) is 0.500.